The van der Waals surface area contributed by atoms with Gasteiger partial charge in [-0.2, -0.15) is 17.6 Å². The second-order valence-electron chi connectivity index (χ2n) is 9.94. The fraction of sp³-hybridized carbons (Fsp3) is 0.367. The number of hydrogen-bond donors (Lipinski definition) is 1. The molecule has 0 saturated carbocycles. The molecule has 1 amide bonds. The number of piperidine rings is 1. The van der Waals surface area contributed by atoms with Gasteiger partial charge in [0, 0.05) is 62.0 Å². The van der Waals surface area contributed by atoms with Crippen molar-refractivity contribution in [2.75, 3.05) is 26.2 Å². The second kappa shape index (κ2) is 11.0. The van der Waals surface area contributed by atoms with Gasteiger partial charge in [0.05, 0.1) is 0 Å². The Hall–Kier alpha value is -3.59. The van der Waals surface area contributed by atoms with Gasteiger partial charge < -0.3 is 5.32 Å². The van der Waals surface area contributed by atoms with Crippen LogP contribution in [0.1, 0.15) is 39.9 Å². The van der Waals surface area contributed by atoms with Crippen molar-refractivity contribution in [2.24, 2.45) is 0 Å². The van der Waals surface area contributed by atoms with Crippen LogP contribution in [0.3, 0.4) is 0 Å². The summed E-state index contributed by atoms with van der Waals surface area (Å²) in [5.74, 6) is -0.522. The number of rotatable bonds is 6. The number of likely N-dealkylation sites (tertiary alicyclic amines) is 1. The molecule has 2 heterocycles. The Labute approximate surface area is 219 Å². The monoisotopic (exact) mass is 521 g/mol. The first kappa shape index (κ1) is 26.0. The van der Waals surface area contributed by atoms with Crippen molar-refractivity contribution in [3.05, 3.63) is 105 Å². The van der Waals surface area contributed by atoms with Crippen molar-refractivity contribution < 1.29 is 22.4 Å². The number of nitrogens with zero attached hydrogens (tertiary/aromatic N) is 2. The molecule has 0 radical (unpaired) electrons. The van der Waals surface area contributed by atoms with E-state index >= 15 is 0 Å². The standard InChI is InChI=1S/C30H27F4N3O/c31-27-9-3-22(4-10-27)19-37-14-11-23-5-6-24(17-25(23)20-37)29(38)35-28-12-15-36(16-13-28)18-21-1-7-26(8-2-21)30(32,33)34/h1,3,5-7,9,17,28H,11-16,18-20H2,(H,35,38). The van der Waals surface area contributed by atoms with E-state index in [1.165, 1.54) is 17.7 Å². The predicted octanol–water partition coefficient (Wildman–Crippen LogP) is 4.92. The third-order valence-corrected chi connectivity index (χ3v) is 7.16. The van der Waals surface area contributed by atoms with Crippen LogP contribution in [0.2, 0.25) is 0 Å². The molecule has 1 fully saturated rings. The minimum atomic E-state index is -4.41. The first-order valence-corrected chi connectivity index (χ1v) is 12.7. The molecule has 2 aromatic rings. The summed E-state index contributed by atoms with van der Waals surface area (Å²) in [6.07, 6.45) is 0.483. The Morgan fingerprint density at radius 1 is 0.947 bits per heavy atom. The quantitative estimate of drug-likeness (QED) is 0.433. The lowest BCUT2D eigenvalue weighted by atomic mass is 9.96. The lowest BCUT2D eigenvalue weighted by Gasteiger charge is -2.32. The highest BCUT2D eigenvalue weighted by molar-refractivity contribution is 5.94. The maximum atomic E-state index is 13.1. The molecule has 0 unspecified atom stereocenters. The number of benzene rings is 1. The Bertz CT molecular complexity index is 1320. The maximum Gasteiger partial charge on any atom is 0.424 e. The van der Waals surface area contributed by atoms with Crippen molar-refractivity contribution >= 4 is 5.91 Å². The van der Waals surface area contributed by atoms with Crippen molar-refractivity contribution in [3.63, 3.8) is 0 Å². The first-order chi connectivity index (χ1) is 18.2. The van der Waals surface area contributed by atoms with E-state index in [1.54, 1.807) is 6.07 Å². The minimum Gasteiger partial charge on any atom is -0.349 e. The normalized spacial score (nSPS) is 18.4. The van der Waals surface area contributed by atoms with Crippen molar-refractivity contribution in [2.45, 2.75) is 44.6 Å². The highest BCUT2D eigenvalue weighted by atomic mass is 19.4. The van der Waals surface area contributed by atoms with Gasteiger partial charge in [0.15, 0.2) is 5.82 Å². The van der Waals surface area contributed by atoms with Crippen LogP contribution >= 0.6 is 0 Å². The lowest BCUT2D eigenvalue weighted by molar-refractivity contribution is -0.0880. The maximum absolute atomic E-state index is 13.1. The van der Waals surface area contributed by atoms with Crippen LogP contribution in [0.15, 0.2) is 65.1 Å². The van der Waals surface area contributed by atoms with Crippen LogP contribution in [0.25, 0.3) is 0 Å². The van der Waals surface area contributed by atoms with Gasteiger partial charge in [-0.3, -0.25) is 14.6 Å². The van der Waals surface area contributed by atoms with Crippen LogP contribution in [0.5, 0.6) is 0 Å². The molecule has 0 atom stereocenters. The Balaban J connectivity index is 1.13. The van der Waals surface area contributed by atoms with Gasteiger partial charge in [0.25, 0.3) is 5.91 Å². The van der Waals surface area contributed by atoms with E-state index in [0.29, 0.717) is 30.8 Å². The number of carbonyl (C=O) groups is 1. The highest BCUT2D eigenvalue weighted by Crippen LogP contribution is 2.27. The zero-order chi connectivity index (χ0) is 26.7. The van der Waals surface area contributed by atoms with E-state index < -0.39 is 17.6 Å². The summed E-state index contributed by atoms with van der Waals surface area (Å²) in [5.41, 5.74) is 8.54. The van der Waals surface area contributed by atoms with Crippen molar-refractivity contribution in [3.8, 4) is 0 Å². The van der Waals surface area contributed by atoms with Gasteiger partial charge in [0.2, 0.25) is 0 Å². The molecule has 0 spiro atoms. The zero-order valence-electron chi connectivity index (χ0n) is 20.8. The molecular weight excluding hydrogens is 494 g/mol. The van der Waals surface area contributed by atoms with E-state index in [9.17, 15) is 22.4 Å². The number of halogens is 4. The fourth-order valence-corrected chi connectivity index (χ4v) is 5.04. The van der Waals surface area contributed by atoms with Gasteiger partial charge in [-0.05, 0) is 72.9 Å². The number of carbonyl (C=O) groups excluding carboxylic acids is 1. The number of nitrogens with one attached hydrogen (secondary N) is 1. The van der Waals surface area contributed by atoms with E-state index in [-0.39, 0.29) is 11.9 Å². The highest BCUT2D eigenvalue weighted by Gasteiger charge is 2.32. The zero-order valence-corrected chi connectivity index (χ0v) is 20.8. The average Bonchev–Trinajstić information content (AvgIpc) is 2.90. The number of amides is 1. The number of fused-ring (bicyclic) bond motifs is 1. The molecule has 0 bridgehead atoms. The largest absolute Gasteiger partial charge is 0.424 e. The summed E-state index contributed by atoms with van der Waals surface area (Å²) in [6.45, 7) is 4.20. The molecule has 4 nitrogen and oxygen atoms in total. The van der Waals surface area contributed by atoms with Crippen LogP contribution in [-0.4, -0.2) is 54.1 Å². The summed E-state index contributed by atoms with van der Waals surface area (Å²) in [5, 5.41) is 3.14. The Kier molecular flexibility index (Phi) is 7.56. The van der Waals surface area contributed by atoms with Gasteiger partial charge in [-0.1, -0.05) is 23.6 Å². The molecule has 196 valence electrons. The third kappa shape index (κ3) is 6.45. The Morgan fingerprint density at radius 3 is 2.45 bits per heavy atom. The smallest absolute Gasteiger partial charge is 0.349 e. The van der Waals surface area contributed by atoms with E-state index in [0.717, 1.165) is 56.1 Å². The van der Waals surface area contributed by atoms with E-state index in [2.05, 4.69) is 38.7 Å². The van der Waals surface area contributed by atoms with Crippen LogP contribution < -0.4 is 5.32 Å². The number of hydrogen-bond acceptors (Lipinski definition) is 3. The molecule has 38 heavy (non-hydrogen) atoms. The summed E-state index contributed by atoms with van der Waals surface area (Å²) in [7, 11) is 0. The SMILES string of the molecule is O=C(NC1CCN(CC2=C=C=C(C(F)(F)F)C=C2)CC1)c1ccc2c(c1)CN(Cc1c#cc(F)cc1)CC2. The summed E-state index contributed by atoms with van der Waals surface area (Å²) >= 11 is 0. The van der Waals surface area contributed by atoms with Gasteiger partial charge in [0.1, 0.15) is 5.57 Å². The predicted molar refractivity (Wildman–Crippen MR) is 135 cm³/mol. The summed E-state index contributed by atoms with van der Waals surface area (Å²) < 4.78 is 51.3. The lowest BCUT2D eigenvalue weighted by Crippen LogP contribution is -2.45. The topological polar surface area (TPSA) is 35.6 Å². The first-order valence-electron chi connectivity index (χ1n) is 12.7. The molecule has 2 aliphatic heterocycles. The van der Waals surface area contributed by atoms with Crippen LogP contribution in [-0.2, 0) is 19.5 Å². The second-order valence-corrected chi connectivity index (χ2v) is 9.94. The van der Waals surface area contributed by atoms with Gasteiger partial charge in [-0.25, -0.2) is 0 Å². The molecule has 1 aliphatic carbocycles. The molecule has 1 saturated heterocycles. The van der Waals surface area contributed by atoms with E-state index in [4.69, 9.17) is 0 Å². The molecule has 0 aromatic heterocycles. The van der Waals surface area contributed by atoms with Crippen LogP contribution in [0, 0.1) is 17.9 Å². The summed E-state index contributed by atoms with van der Waals surface area (Å²) in [4.78, 5) is 17.4. The Morgan fingerprint density at radius 2 is 1.76 bits per heavy atom. The number of alkyl halides is 3. The van der Waals surface area contributed by atoms with Crippen molar-refractivity contribution in [1.82, 2.24) is 15.1 Å². The third-order valence-electron chi connectivity index (χ3n) is 7.16. The molecular formula is C30H27F4N3O. The molecule has 1 N–H and O–H groups in total. The minimum absolute atomic E-state index is 0.0414. The summed E-state index contributed by atoms with van der Waals surface area (Å²) in [6, 6.07) is 14.3. The van der Waals surface area contributed by atoms with Gasteiger partial charge >= 0.3 is 6.18 Å². The molecule has 3 aliphatic rings. The fourth-order valence-electron chi connectivity index (χ4n) is 5.04. The average molecular weight is 522 g/mol. The molecule has 2 aromatic carbocycles. The van der Waals surface area contributed by atoms with E-state index in [1.807, 2.05) is 18.2 Å². The number of allylic oxidation sites excluding steroid dienone is 2. The van der Waals surface area contributed by atoms with Crippen molar-refractivity contribution in [1.29, 1.82) is 0 Å². The molecule has 8 heteroatoms. The van der Waals surface area contributed by atoms with Crippen LogP contribution in [0.4, 0.5) is 17.6 Å². The molecule has 5 rings (SSSR count). The van der Waals surface area contributed by atoms with Gasteiger partial charge in [-0.15, -0.1) is 0 Å².